The Labute approximate surface area is 258 Å². The predicted molar refractivity (Wildman–Crippen MR) is 171 cm³/mol. The molecule has 0 aromatic heterocycles. The highest BCUT2D eigenvalue weighted by atomic mass is 16.5. The number of quaternary nitrogens is 1. The number of aliphatic hydroxyl groups is 1. The average molecular weight is 590 g/mol. The fourth-order valence-electron chi connectivity index (χ4n) is 8.41. The molecule has 2 aliphatic carbocycles. The molecule has 0 bridgehead atoms. The zero-order valence-electron chi connectivity index (χ0n) is 26.7. The van der Waals surface area contributed by atoms with Crippen molar-refractivity contribution < 1.29 is 23.9 Å². The average Bonchev–Trinajstić information content (AvgIpc) is 3.77. The first-order valence-corrected chi connectivity index (χ1v) is 16.8. The third-order valence-corrected chi connectivity index (χ3v) is 10.3. The molecule has 6 heteroatoms. The summed E-state index contributed by atoms with van der Waals surface area (Å²) in [6, 6.07) is 18.4. The van der Waals surface area contributed by atoms with Crippen LogP contribution >= 0.6 is 0 Å². The van der Waals surface area contributed by atoms with E-state index in [1.165, 1.54) is 25.3 Å². The minimum atomic E-state index is -0.886. The third-order valence-electron chi connectivity index (χ3n) is 10.3. The summed E-state index contributed by atoms with van der Waals surface area (Å²) in [4.78, 5) is 24.9. The zero-order valence-corrected chi connectivity index (χ0v) is 26.7. The smallest absolute Gasteiger partial charge is 0.308 e. The SMILES string of the molecule is CC(=O)Oc1cccc([C@]23CC[N@+](CC(C)C)(CC4CC4)CC2(O)CC[C@H](NC(=O)CCCCCc2ccccc2)C3)c1. The fourth-order valence-corrected chi connectivity index (χ4v) is 8.41. The molecule has 3 fully saturated rings. The van der Waals surface area contributed by atoms with Gasteiger partial charge in [0, 0.05) is 43.1 Å². The molecule has 1 aliphatic heterocycles. The Kier molecular flexibility index (Phi) is 9.97. The van der Waals surface area contributed by atoms with Crippen molar-refractivity contribution in [2.24, 2.45) is 11.8 Å². The first-order chi connectivity index (χ1) is 20.6. The molecule has 3 aliphatic rings. The van der Waals surface area contributed by atoms with Gasteiger partial charge in [-0.2, -0.15) is 0 Å². The summed E-state index contributed by atoms with van der Waals surface area (Å²) in [5.41, 5.74) is 0.993. The summed E-state index contributed by atoms with van der Waals surface area (Å²) >= 11 is 0. The monoisotopic (exact) mass is 589 g/mol. The standard InChI is InChI=1S/C37H52N2O4/c1-28(2)25-39(26-31-17-18-31)22-21-36(32-14-10-15-34(23-32)43-29(3)40)24-33(19-20-37(36,42)27-39)38-35(41)16-9-5-8-13-30-11-6-4-7-12-30/h4,6-7,10-12,14-15,23,28,31,33,42H,5,8-9,13,16-22,24-27H2,1-3H3/p+1/t33-,36+,37?,39-/m0/s1. The second-order valence-corrected chi connectivity index (χ2v) is 14.5. The summed E-state index contributed by atoms with van der Waals surface area (Å²) in [6.07, 6.45) is 10.2. The van der Waals surface area contributed by atoms with Crippen molar-refractivity contribution in [3.63, 3.8) is 0 Å². The van der Waals surface area contributed by atoms with Crippen LogP contribution in [0.3, 0.4) is 0 Å². The van der Waals surface area contributed by atoms with E-state index < -0.39 is 11.0 Å². The predicted octanol–water partition coefficient (Wildman–Crippen LogP) is 6.34. The lowest BCUT2D eigenvalue weighted by Gasteiger charge is -2.61. The number of likely N-dealkylation sites (tertiary alicyclic amines) is 1. The maximum atomic E-state index is 13.1. The molecule has 0 spiro atoms. The van der Waals surface area contributed by atoms with Crippen LogP contribution in [0.15, 0.2) is 54.6 Å². The van der Waals surface area contributed by atoms with E-state index in [-0.39, 0.29) is 17.9 Å². The van der Waals surface area contributed by atoms with Crippen LogP contribution in [0.5, 0.6) is 5.75 Å². The number of piperidine rings is 1. The number of rotatable bonds is 13. The van der Waals surface area contributed by atoms with E-state index in [9.17, 15) is 14.7 Å². The second-order valence-electron chi connectivity index (χ2n) is 14.5. The highest BCUT2D eigenvalue weighted by Gasteiger charge is 2.62. The lowest BCUT2D eigenvalue weighted by atomic mass is 9.54. The van der Waals surface area contributed by atoms with E-state index in [2.05, 4.69) is 49.5 Å². The second kappa shape index (κ2) is 13.5. The van der Waals surface area contributed by atoms with Crippen molar-refractivity contribution in [3.05, 3.63) is 65.7 Å². The van der Waals surface area contributed by atoms with Gasteiger partial charge in [-0.3, -0.25) is 9.59 Å². The molecule has 1 amide bonds. The number of amides is 1. The van der Waals surface area contributed by atoms with E-state index in [1.807, 2.05) is 24.3 Å². The highest BCUT2D eigenvalue weighted by molar-refractivity contribution is 5.76. The first kappa shape index (κ1) is 31.7. The summed E-state index contributed by atoms with van der Waals surface area (Å²) in [5, 5.41) is 16.1. The largest absolute Gasteiger partial charge is 0.427 e. The molecule has 43 heavy (non-hydrogen) atoms. The van der Waals surface area contributed by atoms with Crippen molar-refractivity contribution in [2.45, 2.75) is 108 Å². The molecule has 2 N–H and O–H groups in total. The molecule has 2 aromatic carbocycles. The van der Waals surface area contributed by atoms with E-state index in [4.69, 9.17) is 4.74 Å². The quantitative estimate of drug-likeness (QED) is 0.124. The Morgan fingerprint density at radius 3 is 2.53 bits per heavy atom. The van der Waals surface area contributed by atoms with Crippen molar-refractivity contribution >= 4 is 11.9 Å². The molecule has 0 radical (unpaired) electrons. The zero-order chi connectivity index (χ0) is 30.5. The van der Waals surface area contributed by atoms with Gasteiger partial charge in [0.1, 0.15) is 17.9 Å². The number of hydrogen-bond donors (Lipinski definition) is 2. The molecule has 1 unspecified atom stereocenters. The lowest BCUT2D eigenvalue weighted by Crippen LogP contribution is -2.73. The Hall–Kier alpha value is -2.70. The number of hydrogen-bond acceptors (Lipinski definition) is 4. The molecule has 2 saturated carbocycles. The maximum Gasteiger partial charge on any atom is 0.308 e. The molecular weight excluding hydrogens is 536 g/mol. The number of unbranched alkanes of at least 4 members (excludes halogenated alkanes) is 2. The van der Waals surface area contributed by atoms with Gasteiger partial charge in [-0.05, 0) is 74.6 Å². The van der Waals surface area contributed by atoms with Crippen LogP contribution < -0.4 is 10.1 Å². The van der Waals surface area contributed by atoms with Gasteiger partial charge in [0.05, 0.1) is 19.6 Å². The van der Waals surface area contributed by atoms with Gasteiger partial charge in [0.2, 0.25) is 5.91 Å². The van der Waals surface area contributed by atoms with Crippen molar-refractivity contribution in [3.8, 4) is 5.75 Å². The Morgan fingerprint density at radius 2 is 1.81 bits per heavy atom. The van der Waals surface area contributed by atoms with E-state index in [0.717, 1.165) is 80.7 Å². The van der Waals surface area contributed by atoms with Crippen LogP contribution in [0.2, 0.25) is 0 Å². The number of nitrogens with one attached hydrogen (secondary N) is 1. The van der Waals surface area contributed by atoms with Crippen LogP contribution in [0, 0.1) is 11.8 Å². The fraction of sp³-hybridized carbons (Fsp3) is 0.622. The molecule has 1 saturated heterocycles. The van der Waals surface area contributed by atoms with Gasteiger partial charge in [-0.1, -0.05) is 62.7 Å². The molecule has 234 valence electrons. The summed E-state index contributed by atoms with van der Waals surface area (Å²) in [7, 11) is 0. The summed E-state index contributed by atoms with van der Waals surface area (Å²) in [6.45, 7) is 10.1. The highest BCUT2D eigenvalue weighted by Crippen LogP contribution is 2.54. The molecule has 4 atom stereocenters. The Balaban J connectivity index is 1.30. The normalized spacial score (nSPS) is 28.7. The molecule has 6 nitrogen and oxygen atoms in total. The number of carbonyl (C=O) groups is 2. The number of ether oxygens (including phenoxy) is 1. The van der Waals surface area contributed by atoms with Crippen LogP contribution in [-0.4, -0.2) is 59.3 Å². The minimum Gasteiger partial charge on any atom is -0.427 e. The van der Waals surface area contributed by atoms with Crippen molar-refractivity contribution in [2.75, 3.05) is 26.2 Å². The van der Waals surface area contributed by atoms with Gasteiger partial charge >= 0.3 is 5.97 Å². The number of benzene rings is 2. The lowest BCUT2D eigenvalue weighted by molar-refractivity contribution is -0.945. The maximum absolute atomic E-state index is 13.1. The van der Waals surface area contributed by atoms with Crippen LogP contribution in [0.1, 0.15) is 96.1 Å². The van der Waals surface area contributed by atoms with Gasteiger partial charge in [0.25, 0.3) is 0 Å². The third kappa shape index (κ3) is 7.88. The topological polar surface area (TPSA) is 75.6 Å². The van der Waals surface area contributed by atoms with Gasteiger partial charge < -0.3 is 19.6 Å². The van der Waals surface area contributed by atoms with E-state index in [1.54, 1.807) is 0 Å². The van der Waals surface area contributed by atoms with Gasteiger partial charge in [-0.15, -0.1) is 0 Å². The van der Waals surface area contributed by atoms with E-state index in [0.29, 0.717) is 30.9 Å². The molecule has 5 rings (SSSR count). The molecule has 2 aromatic rings. The summed E-state index contributed by atoms with van der Waals surface area (Å²) in [5.74, 6) is 1.64. The number of fused-ring (bicyclic) bond motifs is 1. The van der Waals surface area contributed by atoms with Gasteiger partial charge in [-0.25, -0.2) is 0 Å². The van der Waals surface area contributed by atoms with Crippen LogP contribution in [0.25, 0.3) is 0 Å². The number of esters is 1. The number of aryl methyl sites for hydroxylation is 1. The van der Waals surface area contributed by atoms with E-state index >= 15 is 0 Å². The van der Waals surface area contributed by atoms with Crippen molar-refractivity contribution in [1.82, 2.24) is 5.32 Å². The van der Waals surface area contributed by atoms with Crippen LogP contribution in [-0.2, 0) is 21.4 Å². The number of nitrogens with zero attached hydrogens (tertiary/aromatic N) is 1. The Morgan fingerprint density at radius 1 is 1.02 bits per heavy atom. The van der Waals surface area contributed by atoms with Crippen LogP contribution in [0.4, 0.5) is 0 Å². The molecular formula is C37H53N2O4+. The van der Waals surface area contributed by atoms with Gasteiger partial charge in [0.15, 0.2) is 0 Å². The summed E-state index contributed by atoms with van der Waals surface area (Å²) < 4.78 is 6.49. The first-order valence-electron chi connectivity index (χ1n) is 16.8. The van der Waals surface area contributed by atoms with Crippen molar-refractivity contribution in [1.29, 1.82) is 0 Å². The number of carbonyl (C=O) groups excluding carboxylic acids is 2. The molecule has 1 heterocycles. The minimum absolute atomic E-state index is 0.0167. The Bertz CT molecular complexity index is 1240.